The average molecular weight is 255 g/mol. The highest BCUT2D eigenvalue weighted by atomic mass is 32.1. The van der Waals surface area contributed by atoms with Gasteiger partial charge in [0.2, 0.25) is 0 Å². The Morgan fingerprint density at radius 1 is 1.35 bits per heavy atom. The lowest BCUT2D eigenvalue weighted by Gasteiger charge is -2.27. The highest BCUT2D eigenvalue weighted by Crippen LogP contribution is 2.26. The summed E-state index contributed by atoms with van der Waals surface area (Å²) < 4.78 is 0. The van der Waals surface area contributed by atoms with E-state index < -0.39 is 11.4 Å². The quantitative estimate of drug-likeness (QED) is 0.821. The van der Waals surface area contributed by atoms with Gasteiger partial charge in [-0.05, 0) is 25.3 Å². The van der Waals surface area contributed by atoms with Gasteiger partial charge >= 0.3 is 5.97 Å². The van der Waals surface area contributed by atoms with Gasteiger partial charge in [0.1, 0.15) is 0 Å². The van der Waals surface area contributed by atoms with Gasteiger partial charge in [-0.3, -0.25) is 4.79 Å². The molecule has 0 saturated heterocycles. The molecule has 0 amide bonds. The zero-order valence-electron chi connectivity index (χ0n) is 10.9. The molecule has 0 saturated carbocycles. The van der Waals surface area contributed by atoms with Gasteiger partial charge in [0.15, 0.2) is 0 Å². The van der Waals surface area contributed by atoms with E-state index in [-0.39, 0.29) is 5.41 Å². The highest BCUT2D eigenvalue weighted by Gasteiger charge is 2.28. The maximum absolute atomic E-state index is 11.0. The van der Waals surface area contributed by atoms with Crippen molar-refractivity contribution in [2.75, 3.05) is 13.1 Å². The first kappa shape index (κ1) is 14.2. The molecular formula is C13H21NO2S. The average Bonchev–Trinajstić information content (AvgIpc) is 2.69. The lowest BCUT2D eigenvalue weighted by molar-refractivity contribution is -0.146. The van der Waals surface area contributed by atoms with Crippen molar-refractivity contribution in [3.63, 3.8) is 0 Å². The van der Waals surface area contributed by atoms with E-state index in [1.165, 1.54) is 4.88 Å². The lowest BCUT2D eigenvalue weighted by Crippen LogP contribution is -2.41. The topological polar surface area (TPSA) is 49.3 Å². The maximum atomic E-state index is 11.0. The Morgan fingerprint density at radius 3 is 2.47 bits per heavy atom. The summed E-state index contributed by atoms with van der Waals surface area (Å²) in [7, 11) is 0. The van der Waals surface area contributed by atoms with Crippen molar-refractivity contribution in [2.24, 2.45) is 5.41 Å². The number of nitrogens with one attached hydrogen (secondary N) is 1. The number of carboxylic acid groups (broad SMARTS) is 1. The Labute approximate surface area is 107 Å². The number of hydrogen-bond acceptors (Lipinski definition) is 3. The van der Waals surface area contributed by atoms with Crippen LogP contribution in [0.25, 0.3) is 0 Å². The largest absolute Gasteiger partial charge is 0.481 e. The molecule has 0 aromatic carbocycles. The van der Waals surface area contributed by atoms with Crippen LogP contribution in [0.4, 0.5) is 0 Å². The Hall–Kier alpha value is -0.870. The van der Waals surface area contributed by atoms with E-state index in [9.17, 15) is 4.79 Å². The summed E-state index contributed by atoms with van der Waals surface area (Å²) in [5.74, 6) is -0.765. The van der Waals surface area contributed by atoms with Crippen LogP contribution in [0.3, 0.4) is 0 Å². The molecule has 0 atom stereocenters. The summed E-state index contributed by atoms with van der Waals surface area (Å²) in [4.78, 5) is 12.3. The van der Waals surface area contributed by atoms with Crippen LogP contribution in [0.5, 0.6) is 0 Å². The first-order valence-electron chi connectivity index (χ1n) is 5.74. The van der Waals surface area contributed by atoms with Gasteiger partial charge in [-0.15, -0.1) is 11.3 Å². The number of carboxylic acids is 1. The minimum Gasteiger partial charge on any atom is -0.481 e. The summed E-state index contributed by atoms with van der Waals surface area (Å²) >= 11 is 1.74. The van der Waals surface area contributed by atoms with Gasteiger partial charge in [0.05, 0.1) is 5.41 Å². The van der Waals surface area contributed by atoms with Crippen LogP contribution in [0.15, 0.2) is 17.5 Å². The van der Waals surface area contributed by atoms with Crippen molar-refractivity contribution in [3.8, 4) is 0 Å². The summed E-state index contributed by atoms with van der Waals surface area (Å²) in [5.41, 5.74) is -0.672. The molecule has 1 aromatic rings. The van der Waals surface area contributed by atoms with Crippen LogP contribution in [-0.2, 0) is 10.2 Å². The molecular weight excluding hydrogens is 234 g/mol. The van der Waals surface area contributed by atoms with Gasteiger partial charge in [-0.1, -0.05) is 19.9 Å². The van der Waals surface area contributed by atoms with Gasteiger partial charge < -0.3 is 10.4 Å². The first-order valence-corrected chi connectivity index (χ1v) is 6.62. The van der Waals surface area contributed by atoms with Crippen molar-refractivity contribution in [1.82, 2.24) is 5.32 Å². The van der Waals surface area contributed by atoms with E-state index in [1.807, 2.05) is 6.07 Å². The summed E-state index contributed by atoms with van der Waals surface area (Å²) in [6.45, 7) is 9.07. The third-order valence-electron chi connectivity index (χ3n) is 2.90. The van der Waals surface area contributed by atoms with E-state index in [1.54, 1.807) is 25.2 Å². The van der Waals surface area contributed by atoms with E-state index >= 15 is 0 Å². The predicted octanol–water partition coefficient (Wildman–Crippen LogP) is 2.73. The molecule has 1 heterocycles. The molecule has 17 heavy (non-hydrogen) atoms. The van der Waals surface area contributed by atoms with Crippen LogP contribution < -0.4 is 5.32 Å². The molecule has 1 aromatic heterocycles. The van der Waals surface area contributed by atoms with Crippen molar-refractivity contribution < 1.29 is 9.90 Å². The van der Waals surface area contributed by atoms with Crippen molar-refractivity contribution in [1.29, 1.82) is 0 Å². The van der Waals surface area contributed by atoms with Crippen molar-refractivity contribution in [2.45, 2.75) is 33.1 Å². The Kier molecular flexibility index (Phi) is 4.33. The van der Waals surface area contributed by atoms with Crippen molar-refractivity contribution in [3.05, 3.63) is 22.4 Å². The second-order valence-electron chi connectivity index (χ2n) is 5.65. The van der Waals surface area contributed by atoms with Crippen LogP contribution in [0.2, 0.25) is 0 Å². The Balaban J connectivity index is 2.49. The fraction of sp³-hybridized carbons (Fsp3) is 0.615. The SMILES string of the molecule is CC(C)(CNCC(C)(C)c1cccs1)C(=O)O. The van der Waals surface area contributed by atoms with Crippen molar-refractivity contribution >= 4 is 17.3 Å². The number of hydrogen-bond donors (Lipinski definition) is 2. The fourth-order valence-electron chi connectivity index (χ4n) is 1.51. The molecule has 4 heteroatoms. The molecule has 0 aliphatic heterocycles. The minimum absolute atomic E-state index is 0.0444. The number of aliphatic carboxylic acids is 1. The molecule has 0 radical (unpaired) electrons. The van der Waals surface area contributed by atoms with Crippen LogP contribution >= 0.6 is 11.3 Å². The third-order valence-corrected chi connectivity index (χ3v) is 4.14. The number of rotatable bonds is 6. The molecule has 96 valence electrons. The summed E-state index contributed by atoms with van der Waals surface area (Å²) in [6.07, 6.45) is 0. The Bertz CT molecular complexity index is 369. The number of carbonyl (C=O) groups is 1. The van der Waals surface area contributed by atoms with E-state index in [0.29, 0.717) is 6.54 Å². The second-order valence-corrected chi connectivity index (χ2v) is 6.60. The monoisotopic (exact) mass is 255 g/mol. The minimum atomic E-state index is -0.765. The molecule has 1 rings (SSSR count). The first-order chi connectivity index (χ1) is 7.76. The summed E-state index contributed by atoms with van der Waals surface area (Å²) in [5, 5.41) is 14.3. The predicted molar refractivity (Wildman–Crippen MR) is 71.6 cm³/mol. The second kappa shape index (κ2) is 5.19. The Morgan fingerprint density at radius 2 is 2.00 bits per heavy atom. The fourth-order valence-corrected chi connectivity index (χ4v) is 2.37. The van der Waals surface area contributed by atoms with E-state index in [4.69, 9.17) is 5.11 Å². The van der Waals surface area contributed by atoms with Crippen LogP contribution in [-0.4, -0.2) is 24.2 Å². The molecule has 0 spiro atoms. The van der Waals surface area contributed by atoms with Gasteiger partial charge in [0, 0.05) is 23.4 Å². The van der Waals surface area contributed by atoms with Crippen LogP contribution in [0.1, 0.15) is 32.6 Å². The molecule has 0 fully saturated rings. The van der Waals surface area contributed by atoms with Gasteiger partial charge in [0.25, 0.3) is 0 Å². The summed E-state index contributed by atoms with van der Waals surface area (Å²) in [6, 6.07) is 4.16. The zero-order valence-corrected chi connectivity index (χ0v) is 11.7. The molecule has 0 aliphatic carbocycles. The maximum Gasteiger partial charge on any atom is 0.310 e. The zero-order chi connectivity index (χ0) is 13.1. The normalized spacial score (nSPS) is 12.7. The van der Waals surface area contributed by atoms with Gasteiger partial charge in [-0.25, -0.2) is 0 Å². The molecule has 0 aliphatic rings. The third kappa shape index (κ3) is 3.82. The van der Waals surface area contributed by atoms with E-state index in [2.05, 4.69) is 30.6 Å². The molecule has 3 nitrogen and oxygen atoms in total. The number of thiophene rings is 1. The smallest absolute Gasteiger partial charge is 0.310 e. The van der Waals surface area contributed by atoms with Gasteiger partial charge in [-0.2, -0.15) is 0 Å². The van der Waals surface area contributed by atoms with Crippen LogP contribution in [0, 0.1) is 5.41 Å². The molecule has 0 bridgehead atoms. The standard InChI is InChI=1S/C13H21NO2S/c1-12(2,10-6-5-7-17-10)8-14-9-13(3,4)11(15)16/h5-7,14H,8-9H2,1-4H3,(H,15,16). The van der Waals surface area contributed by atoms with E-state index in [0.717, 1.165) is 6.54 Å². The highest BCUT2D eigenvalue weighted by molar-refractivity contribution is 7.10. The molecule has 0 unspecified atom stereocenters. The lowest BCUT2D eigenvalue weighted by atomic mass is 9.89. The molecule has 2 N–H and O–H groups in total.